The van der Waals surface area contributed by atoms with Crippen molar-refractivity contribution in [1.29, 1.82) is 0 Å². The molecule has 0 saturated carbocycles. The van der Waals surface area contributed by atoms with Gasteiger partial charge in [-0.3, -0.25) is 0 Å². The van der Waals surface area contributed by atoms with Crippen LogP contribution in [0.5, 0.6) is 0 Å². The van der Waals surface area contributed by atoms with Gasteiger partial charge in [0, 0.05) is 0 Å². The van der Waals surface area contributed by atoms with Gasteiger partial charge in [-0.2, -0.15) is 5.10 Å². The lowest BCUT2D eigenvalue weighted by molar-refractivity contribution is 0.865. The van der Waals surface area contributed by atoms with E-state index < -0.39 is 0 Å². The molecule has 0 aliphatic heterocycles. The summed E-state index contributed by atoms with van der Waals surface area (Å²) in [6.45, 7) is 12.6. The number of rotatable bonds is 2. The molecule has 0 spiro atoms. The minimum Gasteiger partial charge on any atom is -0.236 e. The molecule has 0 N–H and O–H groups in total. The maximum absolute atomic E-state index is 7.14. The van der Waals surface area contributed by atoms with E-state index in [0.717, 1.165) is 11.3 Å². The molecule has 0 aliphatic rings. The standard InChI is InChI=1S/C12H10N4/c1-4-10-5-6-12(11(7-10)13-3)16-8-14-9(2)15-16/h4-8H,1H2,2H3. The number of hydrogen-bond acceptors (Lipinski definition) is 2. The summed E-state index contributed by atoms with van der Waals surface area (Å²) >= 11 is 0. The molecule has 0 radical (unpaired) electrons. The second kappa shape index (κ2) is 3.99. The zero-order valence-corrected chi connectivity index (χ0v) is 8.88. The minimum atomic E-state index is 0.544. The van der Waals surface area contributed by atoms with Crippen molar-refractivity contribution in [2.45, 2.75) is 6.92 Å². The summed E-state index contributed by atoms with van der Waals surface area (Å²) in [5, 5.41) is 4.18. The smallest absolute Gasteiger partial charge is 0.212 e. The van der Waals surface area contributed by atoms with Gasteiger partial charge in [0.2, 0.25) is 5.69 Å². The van der Waals surface area contributed by atoms with Crippen LogP contribution in [0.25, 0.3) is 16.6 Å². The van der Waals surface area contributed by atoms with Gasteiger partial charge in [0.15, 0.2) is 0 Å². The molecule has 2 rings (SSSR count). The Balaban J connectivity index is 2.57. The van der Waals surface area contributed by atoms with E-state index in [2.05, 4.69) is 21.5 Å². The molecule has 1 aromatic heterocycles. The third-order valence-electron chi connectivity index (χ3n) is 2.21. The molecule has 0 atom stereocenters. The van der Waals surface area contributed by atoms with E-state index in [4.69, 9.17) is 6.57 Å². The van der Waals surface area contributed by atoms with Crippen molar-refractivity contribution in [2.75, 3.05) is 0 Å². The van der Waals surface area contributed by atoms with Crippen molar-refractivity contribution in [1.82, 2.24) is 14.8 Å². The molecule has 78 valence electrons. The lowest BCUT2D eigenvalue weighted by Crippen LogP contribution is -1.95. The van der Waals surface area contributed by atoms with Crippen LogP contribution in [-0.4, -0.2) is 14.8 Å². The van der Waals surface area contributed by atoms with Crippen molar-refractivity contribution in [3.63, 3.8) is 0 Å². The van der Waals surface area contributed by atoms with E-state index in [0.29, 0.717) is 11.5 Å². The third-order valence-corrected chi connectivity index (χ3v) is 2.21. The van der Waals surface area contributed by atoms with Crippen molar-refractivity contribution < 1.29 is 0 Å². The summed E-state index contributed by atoms with van der Waals surface area (Å²) in [4.78, 5) is 7.52. The highest BCUT2D eigenvalue weighted by molar-refractivity contribution is 5.67. The molecule has 4 heteroatoms. The Morgan fingerprint density at radius 3 is 2.88 bits per heavy atom. The first-order valence-electron chi connectivity index (χ1n) is 4.77. The third kappa shape index (κ3) is 1.71. The van der Waals surface area contributed by atoms with E-state index in [1.807, 2.05) is 19.1 Å². The molecular weight excluding hydrogens is 200 g/mol. The molecule has 0 amide bonds. The quantitative estimate of drug-likeness (QED) is 0.714. The molecule has 16 heavy (non-hydrogen) atoms. The Hall–Kier alpha value is -2.41. The predicted molar refractivity (Wildman–Crippen MR) is 62.4 cm³/mol. The molecule has 0 aliphatic carbocycles. The Morgan fingerprint density at radius 1 is 1.50 bits per heavy atom. The maximum Gasteiger partial charge on any atom is 0.212 e. The SMILES string of the molecule is [C-]#[N+]c1cc(C=C)ccc1-n1cnc(C)n1. The Kier molecular flexibility index (Phi) is 2.52. The summed E-state index contributed by atoms with van der Waals surface area (Å²) in [5.74, 6) is 0.684. The van der Waals surface area contributed by atoms with Gasteiger partial charge in [0.05, 0.1) is 12.3 Å². The van der Waals surface area contributed by atoms with Crippen LogP contribution < -0.4 is 0 Å². The van der Waals surface area contributed by atoms with Crippen LogP contribution in [0.15, 0.2) is 31.1 Å². The average molecular weight is 210 g/mol. The van der Waals surface area contributed by atoms with E-state index in [1.54, 1.807) is 23.2 Å². The summed E-state index contributed by atoms with van der Waals surface area (Å²) in [6, 6.07) is 5.53. The molecule has 1 aromatic carbocycles. The van der Waals surface area contributed by atoms with Crippen LogP contribution >= 0.6 is 0 Å². The Morgan fingerprint density at radius 2 is 2.31 bits per heavy atom. The fraction of sp³-hybridized carbons (Fsp3) is 0.0833. The lowest BCUT2D eigenvalue weighted by Gasteiger charge is -2.04. The van der Waals surface area contributed by atoms with Gasteiger partial charge in [-0.15, -0.1) is 0 Å². The van der Waals surface area contributed by atoms with E-state index in [1.165, 1.54) is 0 Å². The van der Waals surface area contributed by atoms with Gasteiger partial charge in [0.25, 0.3) is 0 Å². The zero-order chi connectivity index (χ0) is 11.5. The van der Waals surface area contributed by atoms with Gasteiger partial charge in [-0.05, 0) is 24.6 Å². The Labute approximate surface area is 93.7 Å². The number of aryl methyl sites for hydroxylation is 1. The monoisotopic (exact) mass is 210 g/mol. The van der Waals surface area contributed by atoms with E-state index in [-0.39, 0.29) is 0 Å². The summed E-state index contributed by atoms with van der Waals surface area (Å²) in [6.07, 6.45) is 3.32. The van der Waals surface area contributed by atoms with Gasteiger partial charge in [-0.25, -0.2) is 14.5 Å². The van der Waals surface area contributed by atoms with Crippen molar-refractivity contribution in [3.05, 3.63) is 53.9 Å². The molecule has 0 saturated heterocycles. The normalized spacial score (nSPS) is 9.75. The predicted octanol–water partition coefficient (Wildman–Crippen LogP) is 2.77. The number of nitrogens with zero attached hydrogens (tertiary/aromatic N) is 4. The molecule has 1 heterocycles. The molecule has 0 unspecified atom stereocenters. The van der Waals surface area contributed by atoms with Crippen molar-refractivity contribution in [2.24, 2.45) is 0 Å². The van der Waals surface area contributed by atoms with Crippen molar-refractivity contribution in [3.8, 4) is 5.69 Å². The fourth-order valence-electron chi connectivity index (χ4n) is 1.41. The van der Waals surface area contributed by atoms with Gasteiger partial charge in [-0.1, -0.05) is 18.7 Å². The highest BCUT2D eigenvalue weighted by atomic mass is 15.3. The average Bonchev–Trinajstić information content (AvgIpc) is 2.74. The summed E-state index contributed by atoms with van der Waals surface area (Å²) < 4.78 is 1.61. The first-order valence-corrected chi connectivity index (χ1v) is 4.77. The van der Waals surface area contributed by atoms with Gasteiger partial charge in [0.1, 0.15) is 12.2 Å². The van der Waals surface area contributed by atoms with Crippen LogP contribution in [0.2, 0.25) is 0 Å². The molecule has 2 aromatic rings. The highest BCUT2D eigenvalue weighted by Gasteiger charge is 2.06. The lowest BCUT2D eigenvalue weighted by atomic mass is 10.2. The van der Waals surface area contributed by atoms with Crippen LogP contribution in [0.4, 0.5) is 5.69 Å². The number of aromatic nitrogens is 3. The molecule has 0 fully saturated rings. The van der Waals surface area contributed by atoms with Gasteiger partial charge < -0.3 is 0 Å². The van der Waals surface area contributed by atoms with Crippen molar-refractivity contribution >= 4 is 11.8 Å². The van der Waals surface area contributed by atoms with Crippen LogP contribution in [-0.2, 0) is 0 Å². The van der Waals surface area contributed by atoms with E-state index in [9.17, 15) is 0 Å². The zero-order valence-electron chi connectivity index (χ0n) is 8.88. The van der Waals surface area contributed by atoms with Crippen LogP contribution in [0.3, 0.4) is 0 Å². The summed E-state index contributed by atoms with van der Waals surface area (Å²) in [5.41, 5.74) is 2.20. The maximum atomic E-state index is 7.14. The summed E-state index contributed by atoms with van der Waals surface area (Å²) in [7, 11) is 0. The first-order chi connectivity index (χ1) is 7.74. The largest absolute Gasteiger partial charge is 0.236 e. The molecule has 4 nitrogen and oxygen atoms in total. The number of benzene rings is 1. The first kappa shape index (κ1) is 10.1. The minimum absolute atomic E-state index is 0.544. The number of hydrogen-bond donors (Lipinski definition) is 0. The second-order valence-corrected chi connectivity index (χ2v) is 3.30. The fourth-order valence-corrected chi connectivity index (χ4v) is 1.41. The van der Waals surface area contributed by atoms with Gasteiger partial charge >= 0.3 is 0 Å². The molecular formula is C12H10N4. The van der Waals surface area contributed by atoms with Crippen LogP contribution in [0, 0.1) is 13.5 Å². The topological polar surface area (TPSA) is 35.1 Å². The molecule has 0 bridgehead atoms. The Bertz CT molecular complexity index is 575. The second-order valence-electron chi connectivity index (χ2n) is 3.30. The van der Waals surface area contributed by atoms with Crippen LogP contribution in [0.1, 0.15) is 11.4 Å². The van der Waals surface area contributed by atoms with E-state index >= 15 is 0 Å². The highest BCUT2D eigenvalue weighted by Crippen LogP contribution is 2.24.